The van der Waals surface area contributed by atoms with Gasteiger partial charge >= 0.3 is 6.18 Å². The molecule has 1 amide bonds. The van der Waals surface area contributed by atoms with Crippen LogP contribution in [0.25, 0.3) is 17.3 Å². The summed E-state index contributed by atoms with van der Waals surface area (Å²) in [6.07, 6.45) is 6.71. The molecule has 0 saturated carbocycles. The molecule has 36 heavy (non-hydrogen) atoms. The number of carbonyl (C=O) groups excluding carboxylic acids is 1. The zero-order valence-electron chi connectivity index (χ0n) is 18.6. The van der Waals surface area contributed by atoms with Crippen molar-refractivity contribution in [2.75, 3.05) is 11.0 Å². The predicted molar refractivity (Wildman–Crippen MR) is 126 cm³/mol. The second-order valence-electron chi connectivity index (χ2n) is 7.44. The summed E-state index contributed by atoms with van der Waals surface area (Å²) in [5.41, 5.74) is -0.732. The van der Waals surface area contributed by atoms with Crippen LogP contribution >= 0.6 is 0 Å². The molecule has 0 aliphatic rings. The fourth-order valence-electron chi connectivity index (χ4n) is 3.08. The van der Waals surface area contributed by atoms with Gasteiger partial charge in [0.1, 0.15) is 11.5 Å². The van der Waals surface area contributed by atoms with Crippen LogP contribution in [-0.2, 0) is 27.5 Å². The third-order valence-electron chi connectivity index (χ3n) is 4.63. The number of pyridine rings is 2. The zero-order valence-corrected chi connectivity index (χ0v) is 19.4. The number of anilines is 1. The topological polar surface area (TPSA) is 101 Å². The first-order valence-corrected chi connectivity index (χ1v) is 12.0. The summed E-state index contributed by atoms with van der Waals surface area (Å²) in [4.78, 5) is 19.9. The maximum Gasteiger partial charge on any atom is 0.433 e. The average Bonchev–Trinajstić information content (AvgIpc) is 2.82. The summed E-state index contributed by atoms with van der Waals surface area (Å²) in [5, 5.41) is 2.50. The molecule has 3 rings (SSSR count). The van der Waals surface area contributed by atoms with Crippen LogP contribution in [0, 0.1) is 18.2 Å². The Hall–Kier alpha value is -4.24. The van der Waals surface area contributed by atoms with Gasteiger partial charge in [0, 0.05) is 36.1 Å². The molecule has 2 aromatic heterocycles. The third kappa shape index (κ3) is 6.89. The van der Waals surface area contributed by atoms with E-state index >= 15 is 0 Å². The quantitative estimate of drug-likeness (QED) is 0.280. The smallest absolute Gasteiger partial charge is 0.348 e. The van der Waals surface area contributed by atoms with Crippen LogP contribution in [0.15, 0.2) is 54.9 Å². The molecule has 1 aromatic carbocycles. The molecule has 2 N–H and O–H groups in total. The van der Waals surface area contributed by atoms with Gasteiger partial charge in [-0.05, 0) is 42.0 Å². The maximum atomic E-state index is 14.4. The standard InChI is InChI=1S/C24H18F4N4O3S/c1-3-16-11-15(12-19(25)23(16)32-36(2,34)35)13-30-21(33)9-7-17-6-8-20(24(26,27)28)31-22(17)18-5-4-10-29-14-18/h1,4-12,14,32H,13H2,2H3,(H,30,33). The highest BCUT2D eigenvalue weighted by molar-refractivity contribution is 7.92. The Morgan fingerprint density at radius 2 is 1.97 bits per heavy atom. The molecule has 7 nitrogen and oxygen atoms in total. The van der Waals surface area contributed by atoms with Crippen molar-refractivity contribution in [3.63, 3.8) is 0 Å². The lowest BCUT2D eigenvalue weighted by atomic mass is 10.1. The highest BCUT2D eigenvalue weighted by atomic mass is 32.2. The molecule has 0 atom stereocenters. The monoisotopic (exact) mass is 518 g/mol. The van der Waals surface area contributed by atoms with Crippen LogP contribution < -0.4 is 10.0 Å². The number of carbonyl (C=O) groups is 1. The van der Waals surface area contributed by atoms with Crippen LogP contribution in [0.5, 0.6) is 0 Å². The van der Waals surface area contributed by atoms with E-state index in [2.05, 4.69) is 21.2 Å². The fourth-order valence-corrected chi connectivity index (χ4v) is 3.66. The van der Waals surface area contributed by atoms with E-state index in [0.717, 1.165) is 24.5 Å². The minimum atomic E-state index is -4.66. The first kappa shape index (κ1) is 26.4. The highest BCUT2D eigenvalue weighted by Crippen LogP contribution is 2.31. The van der Waals surface area contributed by atoms with Crippen molar-refractivity contribution in [1.29, 1.82) is 0 Å². The van der Waals surface area contributed by atoms with E-state index in [0.29, 0.717) is 5.56 Å². The molecule has 12 heteroatoms. The number of halogens is 4. The maximum absolute atomic E-state index is 14.4. The molecule has 186 valence electrons. The number of terminal acetylenes is 1. The highest BCUT2D eigenvalue weighted by Gasteiger charge is 2.33. The lowest BCUT2D eigenvalue weighted by molar-refractivity contribution is -0.141. The second kappa shape index (κ2) is 10.6. The lowest BCUT2D eigenvalue weighted by Crippen LogP contribution is -2.21. The first-order valence-electron chi connectivity index (χ1n) is 10.1. The summed E-state index contributed by atoms with van der Waals surface area (Å²) < 4.78 is 78.7. The van der Waals surface area contributed by atoms with Gasteiger partial charge in [-0.3, -0.25) is 14.5 Å². The number of hydrogen-bond acceptors (Lipinski definition) is 5. The van der Waals surface area contributed by atoms with Gasteiger partial charge in [0.25, 0.3) is 0 Å². The molecule has 0 unspecified atom stereocenters. The van der Waals surface area contributed by atoms with Gasteiger partial charge < -0.3 is 5.32 Å². The van der Waals surface area contributed by atoms with E-state index < -0.39 is 33.6 Å². The van der Waals surface area contributed by atoms with Crippen LogP contribution in [0.2, 0.25) is 0 Å². The lowest BCUT2D eigenvalue weighted by Gasteiger charge is -2.11. The number of hydrogen-bond donors (Lipinski definition) is 2. The van der Waals surface area contributed by atoms with Crippen molar-refractivity contribution in [2.24, 2.45) is 0 Å². The third-order valence-corrected chi connectivity index (χ3v) is 5.20. The molecular formula is C24H18F4N4O3S. The number of benzene rings is 1. The molecule has 0 spiro atoms. The van der Waals surface area contributed by atoms with Crippen molar-refractivity contribution in [3.05, 3.63) is 83.1 Å². The van der Waals surface area contributed by atoms with Gasteiger partial charge in [-0.25, -0.2) is 17.8 Å². The van der Waals surface area contributed by atoms with Crippen molar-refractivity contribution in [3.8, 4) is 23.6 Å². The SMILES string of the molecule is C#Cc1cc(CNC(=O)C=Cc2ccc(C(F)(F)F)nc2-c2cccnc2)cc(F)c1NS(C)(=O)=O. The molecule has 0 fully saturated rings. The zero-order chi connectivity index (χ0) is 26.5. The predicted octanol–water partition coefficient (Wildman–Crippen LogP) is 3.98. The fraction of sp³-hybridized carbons (Fsp3) is 0.125. The summed E-state index contributed by atoms with van der Waals surface area (Å²) in [6, 6.07) is 7.40. The molecule has 0 aliphatic carbocycles. The number of rotatable bonds is 7. The molecule has 0 aliphatic heterocycles. The minimum absolute atomic E-state index is 0.0170. The van der Waals surface area contributed by atoms with Crippen LogP contribution in [0.4, 0.5) is 23.2 Å². The van der Waals surface area contributed by atoms with Gasteiger partial charge in [0.05, 0.1) is 23.2 Å². The minimum Gasteiger partial charge on any atom is -0.348 e. The number of nitrogens with zero attached hydrogens (tertiary/aromatic N) is 2. The van der Waals surface area contributed by atoms with E-state index in [9.17, 15) is 30.8 Å². The number of alkyl halides is 3. The summed E-state index contributed by atoms with van der Waals surface area (Å²) >= 11 is 0. The largest absolute Gasteiger partial charge is 0.433 e. The van der Waals surface area contributed by atoms with E-state index in [4.69, 9.17) is 6.42 Å². The van der Waals surface area contributed by atoms with Crippen molar-refractivity contribution < 1.29 is 30.8 Å². The van der Waals surface area contributed by atoms with E-state index in [1.165, 1.54) is 42.7 Å². The molecular weight excluding hydrogens is 500 g/mol. The Bertz CT molecular complexity index is 1470. The van der Waals surface area contributed by atoms with Crippen molar-refractivity contribution in [2.45, 2.75) is 12.7 Å². The van der Waals surface area contributed by atoms with Crippen LogP contribution in [0.3, 0.4) is 0 Å². The molecule has 3 aromatic rings. The van der Waals surface area contributed by atoms with Gasteiger partial charge in [-0.2, -0.15) is 13.2 Å². The van der Waals surface area contributed by atoms with Crippen molar-refractivity contribution >= 4 is 27.7 Å². The van der Waals surface area contributed by atoms with Crippen LogP contribution in [-0.4, -0.2) is 30.5 Å². The Morgan fingerprint density at radius 3 is 2.58 bits per heavy atom. The van der Waals surface area contributed by atoms with Gasteiger partial charge in [0.15, 0.2) is 0 Å². The Balaban J connectivity index is 1.80. The van der Waals surface area contributed by atoms with Crippen LogP contribution in [0.1, 0.15) is 22.4 Å². The van der Waals surface area contributed by atoms with E-state index in [1.54, 1.807) is 0 Å². The van der Waals surface area contributed by atoms with E-state index in [-0.39, 0.29) is 34.6 Å². The van der Waals surface area contributed by atoms with Gasteiger partial charge in [-0.15, -0.1) is 6.42 Å². The molecule has 0 bridgehead atoms. The Kier molecular flexibility index (Phi) is 7.74. The molecule has 0 saturated heterocycles. The van der Waals surface area contributed by atoms with Gasteiger partial charge in [-0.1, -0.05) is 12.0 Å². The Labute approximate surface area is 204 Å². The second-order valence-corrected chi connectivity index (χ2v) is 9.19. The van der Waals surface area contributed by atoms with Crippen molar-refractivity contribution in [1.82, 2.24) is 15.3 Å². The summed E-state index contributed by atoms with van der Waals surface area (Å²) in [5.74, 6) is 0.630. The Morgan fingerprint density at radius 1 is 1.22 bits per heavy atom. The number of nitrogens with one attached hydrogen (secondary N) is 2. The van der Waals surface area contributed by atoms with E-state index in [1.807, 2.05) is 4.72 Å². The van der Waals surface area contributed by atoms with Gasteiger partial charge in [0.2, 0.25) is 15.9 Å². The first-order chi connectivity index (χ1) is 16.9. The molecule has 2 heterocycles. The average molecular weight is 518 g/mol. The normalized spacial score (nSPS) is 11.8. The number of amides is 1. The number of aromatic nitrogens is 2. The molecule has 0 radical (unpaired) electrons. The summed E-state index contributed by atoms with van der Waals surface area (Å²) in [7, 11) is -3.78. The summed E-state index contributed by atoms with van der Waals surface area (Å²) in [6.45, 7) is -0.158. The number of sulfonamides is 1.